The molecule has 0 saturated carbocycles. The van der Waals surface area contributed by atoms with E-state index in [9.17, 15) is 0 Å². The van der Waals surface area contributed by atoms with Crippen LogP contribution in [0.4, 0.5) is 0 Å². The summed E-state index contributed by atoms with van der Waals surface area (Å²) in [5.74, 6) is 0.988. The molecular formula is C32H67N. The Hall–Kier alpha value is -0.0400. The Morgan fingerprint density at radius 3 is 1.18 bits per heavy atom. The monoisotopic (exact) mass is 466 g/mol. The maximum atomic E-state index is 2.81. The van der Waals surface area contributed by atoms with E-state index in [1.807, 2.05) is 0 Å². The van der Waals surface area contributed by atoms with Gasteiger partial charge < -0.3 is 4.90 Å². The number of hydrogen-bond acceptors (Lipinski definition) is 1. The summed E-state index contributed by atoms with van der Waals surface area (Å²) in [5.41, 5.74) is 0. The molecular weight excluding hydrogens is 398 g/mol. The van der Waals surface area contributed by atoms with Crippen molar-refractivity contribution in [3.05, 3.63) is 0 Å². The van der Waals surface area contributed by atoms with Crippen molar-refractivity contribution in [2.24, 2.45) is 5.92 Å². The summed E-state index contributed by atoms with van der Waals surface area (Å²) in [6.45, 7) is 14.5. The molecule has 0 aliphatic rings. The van der Waals surface area contributed by atoms with Gasteiger partial charge >= 0.3 is 0 Å². The van der Waals surface area contributed by atoms with Crippen molar-refractivity contribution < 1.29 is 0 Å². The lowest BCUT2D eigenvalue weighted by molar-refractivity contribution is 0.182. The maximum Gasteiger partial charge on any atom is 0.00670 e. The highest BCUT2D eigenvalue weighted by molar-refractivity contribution is 4.71. The first-order chi connectivity index (χ1) is 16.2. The van der Waals surface area contributed by atoms with Crippen LogP contribution in [0.5, 0.6) is 0 Å². The third-order valence-corrected chi connectivity index (χ3v) is 7.90. The van der Waals surface area contributed by atoms with E-state index in [0.717, 1.165) is 12.0 Å². The summed E-state index contributed by atoms with van der Waals surface area (Å²) in [6.07, 6.45) is 33.1. The fraction of sp³-hybridized carbons (Fsp3) is 1.00. The molecule has 1 heteroatoms. The van der Waals surface area contributed by atoms with Crippen molar-refractivity contribution in [3.8, 4) is 0 Å². The molecule has 0 N–H and O–H groups in total. The molecule has 0 rings (SSSR count). The Morgan fingerprint density at radius 1 is 0.394 bits per heavy atom. The molecule has 0 bridgehead atoms. The lowest BCUT2D eigenvalue weighted by Gasteiger charge is -2.30. The zero-order valence-electron chi connectivity index (χ0n) is 24.3. The van der Waals surface area contributed by atoms with E-state index in [4.69, 9.17) is 0 Å². The van der Waals surface area contributed by atoms with Crippen molar-refractivity contribution >= 4 is 0 Å². The first-order valence-electron chi connectivity index (χ1n) is 15.9. The smallest absolute Gasteiger partial charge is 0.00670 e. The first kappa shape index (κ1) is 33.0. The summed E-state index contributed by atoms with van der Waals surface area (Å²) in [4.78, 5) is 2.81. The average Bonchev–Trinajstić information content (AvgIpc) is 2.83. The van der Waals surface area contributed by atoms with Crippen molar-refractivity contribution in [2.45, 2.75) is 188 Å². The predicted octanol–water partition coefficient (Wildman–Crippen LogP) is 11.3. The topological polar surface area (TPSA) is 3.24 Å². The second-order valence-electron chi connectivity index (χ2n) is 11.2. The van der Waals surface area contributed by atoms with Crippen LogP contribution in [0, 0.1) is 5.92 Å². The number of nitrogens with zero attached hydrogens (tertiary/aromatic N) is 1. The Labute approximate surface area is 212 Å². The normalized spacial score (nSPS) is 13.6. The highest BCUT2D eigenvalue weighted by atomic mass is 15.1. The Kier molecular flexibility index (Phi) is 26.5. The Balaban J connectivity index is 4.17. The van der Waals surface area contributed by atoms with E-state index in [1.165, 1.54) is 161 Å². The highest BCUT2D eigenvalue weighted by Gasteiger charge is 2.16. The van der Waals surface area contributed by atoms with Gasteiger partial charge in [0.15, 0.2) is 0 Å². The van der Waals surface area contributed by atoms with E-state index in [2.05, 4.69) is 39.5 Å². The lowest BCUT2D eigenvalue weighted by Crippen LogP contribution is -2.35. The summed E-state index contributed by atoms with van der Waals surface area (Å²) < 4.78 is 0. The third-order valence-electron chi connectivity index (χ3n) is 7.90. The van der Waals surface area contributed by atoms with Gasteiger partial charge in [-0.3, -0.25) is 0 Å². The van der Waals surface area contributed by atoms with E-state index in [-0.39, 0.29) is 0 Å². The predicted molar refractivity (Wildman–Crippen MR) is 153 cm³/mol. The van der Waals surface area contributed by atoms with Crippen molar-refractivity contribution in [3.63, 3.8) is 0 Å². The van der Waals surface area contributed by atoms with Gasteiger partial charge in [0.25, 0.3) is 0 Å². The largest absolute Gasteiger partial charge is 0.301 e. The SMILES string of the molecule is CCCCCCCCCCCCCC(CCCCCC)CCC(C)N(CCCC)CCCC. The molecule has 1 nitrogen and oxygen atoms in total. The van der Waals surface area contributed by atoms with E-state index >= 15 is 0 Å². The average molecular weight is 466 g/mol. The molecule has 33 heavy (non-hydrogen) atoms. The molecule has 0 saturated heterocycles. The molecule has 0 aromatic carbocycles. The van der Waals surface area contributed by atoms with Crippen LogP contribution in [-0.4, -0.2) is 24.0 Å². The van der Waals surface area contributed by atoms with Gasteiger partial charge in [-0.2, -0.15) is 0 Å². The van der Waals surface area contributed by atoms with Crippen molar-refractivity contribution in [1.29, 1.82) is 0 Å². The van der Waals surface area contributed by atoms with Gasteiger partial charge in [-0.25, -0.2) is 0 Å². The minimum Gasteiger partial charge on any atom is -0.301 e. The van der Waals surface area contributed by atoms with Crippen LogP contribution < -0.4 is 0 Å². The van der Waals surface area contributed by atoms with Gasteiger partial charge in [-0.15, -0.1) is 0 Å². The Bertz CT molecular complexity index is 344. The van der Waals surface area contributed by atoms with Gasteiger partial charge in [-0.05, 0) is 51.6 Å². The molecule has 200 valence electrons. The standard InChI is InChI=1S/C32H67N/c1-6-10-14-16-17-18-19-20-21-22-24-26-32(25-23-15-11-7-2)28-27-31(5)33(29-12-8-3)30-13-9-4/h31-32H,6-30H2,1-5H3. The lowest BCUT2D eigenvalue weighted by atomic mass is 9.89. The molecule has 0 spiro atoms. The first-order valence-corrected chi connectivity index (χ1v) is 15.9. The van der Waals surface area contributed by atoms with E-state index < -0.39 is 0 Å². The number of unbranched alkanes of at least 4 members (excludes halogenated alkanes) is 15. The molecule has 0 aromatic rings. The molecule has 0 radical (unpaired) electrons. The molecule has 0 aliphatic heterocycles. The van der Waals surface area contributed by atoms with Crippen LogP contribution in [0.2, 0.25) is 0 Å². The van der Waals surface area contributed by atoms with Gasteiger partial charge in [0, 0.05) is 6.04 Å². The fourth-order valence-corrected chi connectivity index (χ4v) is 5.32. The molecule has 0 fully saturated rings. The summed E-state index contributed by atoms with van der Waals surface area (Å²) in [6, 6.07) is 0.776. The summed E-state index contributed by atoms with van der Waals surface area (Å²) >= 11 is 0. The zero-order valence-corrected chi connectivity index (χ0v) is 24.3. The third kappa shape index (κ3) is 22.2. The zero-order chi connectivity index (χ0) is 24.4. The van der Waals surface area contributed by atoms with Crippen molar-refractivity contribution in [2.75, 3.05) is 13.1 Å². The van der Waals surface area contributed by atoms with Crippen LogP contribution in [0.1, 0.15) is 182 Å². The minimum absolute atomic E-state index is 0.776. The van der Waals surface area contributed by atoms with E-state index in [1.54, 1.807) is 0 Å². The second kappa shape index (κ2) is 26.6. The van der Waals surface area contributed by atoms with Gasteiger partial charge in [0.05, 0.1) is 0 Å². The van der Waals surface area contributed by atoms with Crippen LogP contribution in [-0.2, 0) is 0 Å². The molecule has 0 heterocycles. The minimum atomic E-state index is 0.776. The van der Waals surface area contributed by atoms with Crippen LogP contribution >= 0.6 is 0 Å². The molecule has 0 aromatic heterocycles. The summed E-state index contributed by atoms with van der Waals surface area (Å²) in [7, 11) is 0. The summed E-state index contributed by atoms with van der Waals surface area (Å²) in [5, 5.41) is 0. The molecule has 2 unspecified atom stereocenters. The Morgan fingerprint density at radius 2 is 0.758 bits per heavy atom. The maximum absolute atomic E-state index is 2.81. The van der Waals surface area contributed by atoms with Crippen LogP contribution in [0.25, 0.3) is 0 Å². The highest BCUT2D eigenvalue weighted by Crippen LogP contribution is 2.25. The molecule has 2 atom stereocenters. The van der Waals surface area contributed by atoms with Crippen LogP contribution in [0.15, 0.2) is 0 Å². The molecule has 0 aliphatic carbocycles. The van der Waals surface area contributed by atoms with Gasteiger partial charge in [0.2, 0.25) is 0 Å². The second-order valence-corrected chi connectivity index (χ2v) is 11.2. The van der Waals surface area contributed by atoms with Crippen molar-refractivity contribution in [1.82, 2.24) is 4.90 Å². The fourth-order valence-electron chi connectivity index (χ4n) is 5.32. The van der Waals surface area contributed by atoms with Gasteiger partial charge in [-0.1, -0.05) is 150 Å². The number of rotatable bonds is 27. The van der Waals surface area contributed by atoms with E-state index in [0.29, 0.717) is 0 Å². The van der Waals surface area contributed by atoms with Gasteiger partial charge in [0.1, 0.15) is 0 Å². The number of hydrogen-bond donors (Lipinski definition) is 0. The molecule has 0 amide bonds. The van der Waals surface area contributed by atoms with Crippen LogP contribution in [0.3, 0.4) is 0 Å². The quantitative estimate of drug-likeness (QED) is 0.109.